The van der Waals surface area contributed by atoms with Gasteiger partial charge in [-0.2, -0.15) is 0 Å². The topological polar surface area (TPSA) is 58.6 Å². The van der Waals surface area contributed by atoms with Crippen molar-refractivity contribution in [2.75, 3.05) is 13.7 Å². The van der Waals surface area contributed by atoms with Crippen molar-refractivity contribution in [3.8, 4) is 0 Å². The van der Waals surface area contributed by atoms with Crippen LogP contribution in [0.2, 0.25) is 0 Å². The first-order valence-corrected chi connectivity index (χ1v) is 3.19. The quantitative estimate of drug-likeness (QED) is 0.614. The summed E-state index contributed by atoms with van der Waals surface area (Å²) in [7, 11) is 1.55. The first kappa shape index (κ1) is 9.23. The number of ether oxygens (including phenoxy) is 1. The summed E-state index contributed by atoms with van der Waals surface area (Å²) >= 11 is 0. The molecule has 4 nitrogen and oxygen atoms in total. The molecule has 0 aromatic rings. The number of amides is 1. The maximum atomic E-state index is 10.1. The van der Waals surface area contributed by atoms with E-state index < -0.39 is 6.09 Å². The van der Waals surface area contributed by atoms with Gasteiger partial charge in [0.1, 0.15) is 0 Å². The maximum Gasteiger partial charge on any atom is 0.404 e. The van der Waals surface area contributed by atoms with E-state index in [1.165, 1.54) is 0 Å². The average Bonchev–Trinajstić information content (AvgIpc) is 1.86. The van der Waals surface area contributed by atoms with Crippen LogP contribution in [-0.2, 0) is 4.74 Å². The smallest absolute Gasteiger partial charge is 0.404 e. The highest BCUT2D eigenvalue weighted by Gasteiger charge is 2.06. The van der Waals surface area contributed by atoms with Crippen LogP contribution in [0.4, 0.5) is 4.79 Å². The van der Waals surface area contributed by atoms with Gasteiger partial charge >= 0.3 is 6.09 Å². The van der Waals surface area contributed by atoms with Gasteiger partial charge < -0.3 is 15.2 Å². The first-order valence-electron chi connectivity index (χ1n) is 3.19. The van der Waals surface area contributed by atoms with Gasteiger partial charge in [-0.15, -0.1) is 0 Å². The van der Waals surface area contributed by atoms with Gasteiger partial charge in [-0.1, -0.05) is 6.92 Å². The van der Waals surface area contributed by atoms with Crippen molar-refractivity contribution in [1.82, 2.24) is 5.32 Å². The number of hydrogen-bond donors (Lipinski definition) is 2. The molecule has 0 aliphatic carbocycles. The van der Waals surface area contributed by atoms with Gasteiger partial charge in [-0.25, -0.2) is 4.79 Å². The van der Waals surface area contributed by atoms with Crippen LogP contribution in [-0.4, -0.2) is 31.0 Å². The lowest BCUT2D eigenvalue weighted by Crippen LogP contribution is -2.36. The molecule has 1 amide bonds. The summed E-state index contributed by atoms with van der Waals surface area (Å²) in [6.07, 6.45) is -0.246. The fourth-order valence-corrected chi connectivity index (χ4v) is 0.637. The Hall–Kier alpha value is -0.770. The Morgan fingerprint density at radius 2 is 2.40 bits per heavy atom. The first-order chi connectivity index (χ1) is 4.70. The van der Waals surface area contributed by atoms with E-state index in [2.05, 4.69) is 5.32 Å². The van der Waals surface area contributed by atoms with Gasteiger partial charge in [0.15, 0.2) is 0 Å². The van der Waals surface area contributed by atoms with Crippen LogP contribution < -0.4 is 5.32 Å². The van der Waals surface area contributed by atoms with Gasteiger partial charge in [0, 0.05) is 7.11 Å². The highest BCUT2D eigenvalue weighted by atomic mass is 16.5. The number of rotatable bonds is 4. The Bertz CT molecular complexity index is 105. The molecule has 1 atom stereocenters. The normalized spacial score (nSPS) is 12.6. The molecule has 4 heteroatoms. The zero-order valence-electron chi connectivity index (χ0n) is 6.26. The van der Waals surface area contributed by atoms with Crippen molar-refractivity contribution < 1.29 is 14.6 Å². The molecule has 0 aliphatic heterocycles. The predicted molar refractivity (Wildman–Crippen MR) is 37.1 cm³/mol. The third-order valence-electron chi connectivity index (χ3n) is 1.19. The van der Waals surface area contributed by atoms with Crippen LogP contribution in [0.3, 0.4) is 0 Å². The molecular weight excluding hydrogens is 134 g/mol. The van der Waals surface area contributed by atoms with Crippen LogP contribution >= 0.6 is 0 Å². The van der Waals surface area contributed by atoms with E-state index in [1.807, 2.05) is 6.92 Å². The fourth-order valence-electron chi connectivity index (χ4n) is 0.637. The molecule has 0 bridgehead atoms. The predicted octanol–water partition coefficient (Wildman–Crippen LogP) is 0.679. The van der Waals surface area contributed by atoms with E-state index in [9.17, 15) is 4.79 Å². The summed E-state index contributed by atoms with van der Waals surface area (Å²) in [6.45, 7) is 2.34. The summed E-state index contributed by atoms with van der Waals surface area (Å²) in [6, 6.07) is -0.0810. The minimum absolute atomic E-state index is 0.0810. The van der Waals surface area contributed by atoms with Crippen LogP contribution in [0.15, 0.2) is 0 Å². The van der Waals surface area contributed by atoms with Gasteiger partial charge in [-0.05, 0) is 6.42 Å². The maximum absolute atomic E-state index is 10.1. The molecule has 2 N–H and O–H groups in total. The number of carboxylic acid groups (broad SMARTS) is 1. The lowest BCUT2D eigenvalue weighted by molar-refractivity contribution is 0.150. The molecule has 1 unspecified atom stereocenters. The standard InChI is InChI=1S/C6H13NO3/c1-3-5(4-10-2)7-6(8)9/h5,7H,3-4H2,1-2H3,(H,8,9). The van der Waals surface area contributed by atoms with Gasteiger partial charge in [-0.3, -0.25) is 0 Å². The zero-order chi connectivity index (χ0) is 7.98. The third kappa shape index (κ3) is 4.14. The Morgan fingerprint density at radius 3 is 2.70 bits per heavy atom. The Morgan fingerprint density at radius 1 is 1.80 bits per heavy atom. The van der Waals surface area contributed by atoms with Crippen LogP contribution in [0, 0.1) is 0 Å². The number of nitrogens with one attached hydrogen (secondary N) is 1. The summed E-state index contributed by atoms with van der Waals surface area (Å²) in [4.78, 5) is 10.1. The highest BCUT2D eigenvalue weighted by Crippen LogP contribution is 1.89. The monoisotopic (exact) mass is 147 g/mol. The van der Waals surface area contributed by atoms with E-state index in [0.717, 1.165) is 6.42 Å². The van der Waals surface area contributed by atoms with Crippen LogP contribution in [0.25, 0.3) is 0 Å². The fraction of sp³-hybridized carbons (Fsp3) is 0.833. The minimum Gasteiger partial charge on any atom is -0.465 e. The summed E-state index contributed by atoms with van der Waals surface area (Å²) in [5.74, 6) is 0. The molecule has 0 aromatic carbocycles. The summed E-state index contributed by atoms with van der Waals surface area (Å²) < 4.78 is 4.77. The Balaban J connectivity index is 3.49. The molecule has 0 saturated heterocycles. The second kappa shape index (κ2) is 5.05. The van der Waals surface area contributed by atoms with Crippen LogP contribution in [0.1, 0.15) is 13.3 Å². The van der Waals surface area contributed by atoms with E-state index in [4.69, 9.17) is 9.84 Å². The molecule has 0 aliphatic rings. The molecule has 0 radical (unpaired) electrons. The van der Waals surface area contributed by atoms with Crippen LogP contribution in [0.5, 0.6) is 0 Å². The molecule has 0 aromatic heterocycles. The van der Waals surface area contributed by atoms with Gasteiger partial charge in [0.25, 0.3) is 0 Å². The van der Waals surface area contributed by atoms with Gasteiger partial charge in [0.2, 0.25) is 0 Å². The van der Waals surface area contributed by atoms with Crippen molar-refractivity contribution in [3.63, 3.8) is 0 Å². The lowest BCUT2D eigenvalue weighted by atomic mass is 10.2. The average molecular weight is 147 g/mol. The van der Waals surface area contributed by atoms with E-state index in [0.29, 0.717) is 6.61 Å². The van der Waals surface area contributed by atoms with E-state index in [1.54, 1.807) is 7.11 Å². The van der Waals surface area contributed by atoms with E-state index in [-0.39, 0.29) is 6.04 Å². The SMILES string of the molecule is CCC(COC)NC(=O)O. The van der Waals surface area contributed by atoms with Crippen molar-refractivity contribution in [3.05, 3.63) is 0 Å². The number of methoxy groups -OCH3 is 1. The molecule has 0 rings (SSSR count). The van der Waals surface area contributed by atoms with E-state index >= 15 is 0 Å². The largest absolute Gasteiger partial charge is 0.465 e. The lowest BCUT2D eigenvalue weighted by Gasteiger charge is -2.12. The molecular formula is C6H13NO3. The molecule has 0 fully saturated rings. The van der Waals surface area contributed by atoms with Crippen molar-refractivity contribution in [1.29, 1.82) is 0 Å². The summed E-state index contributed by atoms with van der Waals surface area (Å²) in [5, 5.41) is 10.6. The zero-order valence-corrected chi connectivity index (χ0v) is 6.26. The van der Waals surface area contributed by atoms with Crippen molar-refractivity contribution in [2.45, 2.75) is 19.4 Å². The second-order valence-electron chi connectivity index (χ2n) is 2.01. The van der Waals surface area contributed by atoms with Crippen molar-refractivity contribution in [2.24, 2.45) is 0 Å². The molecule has 0 heterocycles. The molecule has 10 heavy (non-hydrogen) atoms. The number of hydrogen-bond acceptors (Lipinski definition) is 2. The number of carbonyl (C=O) groups is 1. The molecule has 0 saturated carbocycles. The highest BCUT2D eigenvalue weighted by molar-refractivity contribution is 5.64. The molecule has 60 valence electrons. The Labute approximate surface area is 60.2 Å². The van der Waals surface area contributed by atoms with Gasteiger partial charge in [0.05, 0.1) is 12.6 Å². The second-order valence-corrected chi connectivity index (χ2v) is 2.01. The minimum atomic E-state index is -0.996. The molecule has 0 spiro atoms. The van der Waals surface area contributed by atoms with Crippen molar-refractivity contribution >= 4 is 6.09 Å². The Kier molecular flexibility index (Phi) is 4.66. The third-order valence-corrected chi connectivity index (χ3v) is 1.19. The summed E-state index contributed by atoms with van der Waals surface area (Å²) in [5.41, 5.74) is 0.